The number of aliphatic hydroxyl groups is 1. The fraction of sp³-hybridized carbons (Fsp3) is 0.444. The molecule has 2 aliphatic carbocycles. The number of benzene rings is 2. The number of aromatic nitrogens is 5. The average molecular weight is 1100 g/mol. The second kappa shape index (κ2) is 18.4. The van der Waals surface area contributed by atoms with Gasteiger partial charge in [-0.25, -0.2) is 35.4 Å². The maximum atomic E-state index is 15.6. The van der Waals surface area contributed by atoms with Gasteiger partial charge in [0.15, 0.2) is 21.3 Å². The molecular formula is C45H41ClF10N8O7S2. The van der Waals surface area contributed by atoms with Crippen molar-refractivity contribution in [2.75, 3.05) is 30.0 Å². The number of fused-ring (bicyclic) bond motifs is 4. The largest absolute Gasteiger partial charge is 0.435 e. The molecule has 0 spiro atoms. The number of urea groups is 1. The summed E-state index contributed by atoms with van der Waals surface area (Å²) in [7, 11) is -8.72. The lowest BCUT2D eigenvalue weighted by Crippen LogP contribution is -2.49. The second-order valence-corrected chi connectivity index (χ2v) is 23.3. The Hall–Kier alpha value is -5.98. The zero-order valence-corrected chi connectivity index (χ0v) is 40.9. The number of nitrogens with one attached hydrogen (secondary N) is 1. The summed E-state index contributed by atoms with van der Waals surface area (Å²) in [5.41, 5.74) is -5.83. The van der Waals surface area contributed by atoms with Gasteiger partial charge in [-0.3, -0.25) is 14.2 Å². The molecule has 73 heavy (non-hydrogen) atoms. The average Bonchev–Trinajstić information content (AvgIpc) is 3.47. The van der Waals surface area contributed by atoms with Crippen LogP contribution in [0.3, 0.4) is 0 Å². The number of alkyl halides is 8. The Morgan fingerprint density at radius 2 is 1.63 bits per heavy atom. The van der Waals surface area contributed by atoms with Crippen LogP contribution < -0.4 is 9.62 Å². The Morgan fingerprint density at radius 3 is 2.23 bits per heavy atom. The number of halogens is 11. The van der Waals surface area contributed by atoms with Crippen LogP contribution in [0.4, 0.5) is 54.5 Å². The molecule has 0 radical (unpaired) electrons. The predicted octanol–water partition coefficient (Wildman–Crippen LogP) is 7.63. The highest BCUT2D eigenvalue weighted by molar-refractivity contribution is 7.93. The number of nitrogens with zero attached hydrogens (tertiary/aromatic N) is 7. The van der Waals surface area contributed by atoms with Gasteiger partial charge in [0.25, 0.3) is 5.92 Å². The summed E-state index contributed by atoms with van der Waals surface area (Å²) in [5.74, 6) is -5.95. The van der Waals surface area contributed by atoms with E-state index in [0.29, 0.717) is 18.7 Å². The molecule has 8 rings (SSSR count). The summed E-state index contributed by atoms with van der Waals surface area (Å²) in [4.78, 5) is 33.9. The van der Waals surface area contributed by atoms with Crippen molar-refractivity contribution in [1.82, 2.24) is 34.8 Å². The van der Waals surface area contributed by atoms with Gasteiger partial charge in [-0.1, -0.05) is 23.6 Å². The van der Waals surface area contributed by atoms with Gasteiger partial charge in [-0.05, 0) is 87.3 Å². The lowest BCUT2D eigenvalue weighted by Gasteiger charge is -2.28. The molecule has 392 valence electrons. The maximum Gasteiger partial charge on any atom is 0.435 e. The molecule has 1 aliphatic heterocycles. The third kappa shape index (κ3) is 10.3. The molecule has 2 fully saturated rings. The van der Waals surface area contributed by atoms with Gasteiger partial charge in [-0.2, -0.15) is 49.6 Å². The molecule has 3 aromatic heterocycles. The summed E-state index contributed by atoms with van der Waals surface area (Å²) in [5, 5.41) is 18.8. The summed E-state index contributed by atoms with van der Waals surface area (Å²) < 4.78 is 199. The third-order valence-corrected chi connectivity index (χ3v) is 16.1. The van der Waals surface area contributed by atoms with Crippen LogP contribution in [0.15, 0.2) is 42.5 Å². The molecule has 5 aromatic rings. The van der Waals surface area contributed by atoms with E-state index in [1.54, 1.807) is 0 Å². The van der Waals surface area contributed by atoms with Crippen LogP contribution in [0.1, 0.15) is 79.0 Å². The number of amides is 3. The molecule has 15 nitrogen and oxygen atoms in total. The molecular weight excluding hydrogens is 1050 g/mol. The predicted molar refractivity (Wildman–Crippen MR) is 242 cm³/mol. The monoisotopic (exact) mass is 1090 g/mol. The second-order valence-electron chi connectivity index (χ2n) is 18.5. The van der Waals surface area contributed by atoms with Crippen molar-refractivity contribution in [3.63, 3.8) is 0 Å². The highest BCUT2D eigenvalue weighted by atomic mass is 35.5. The molecule has 28 heteroatoms. The minimum absolute atomic E-state index is 0.0694. The first-order valence-corrected chi connectivity index (χ1v) is 26.1. The standard InChI is InChI=1S/C45H41ClF10N8O7S2/c1-42(2,72(3,68)69)12-11-25-7-8-27(28-9-10-31(46)35-37(28)63(21-43(49,50)51)60-40(35)64(73(4,70)71)41(67)61-13-5-6-26(61)20-65)36(57-25)32(16-22-14-23(47)17-24(48)15-22)58-33(66)19-62-39-34(38(59-62)45(54,55)56)29-18-30(29)44(39,52)53/h7-10,14-15,17,26,29-30,32,65H,5-6,13,16,18-21H2,1-4H3,(H,58,66)/t26-,29-,30+,32?/m0/s1. The number of hydrogen-bond acceptors (Lipinski definition) is 10. The summed E-state index contributed by atoms with van der Waals surface area (Å²) in [6, 6.07) is 2.65. The van der Waals surface area contributed by atoms with Crippen LogP contribution in [0, 0.1) is 29.4 Å². The van der Waals surface area contributed by atoms with Crippen LogP contribution in [0.25, 0.3) is 22.0 Å². The van der Waals surface area contributed by atoms with Crippen LogP contribution in [0.2, 0.25) is 5.02 Å². The van der Waals surface area contributed by atoms with E-state index in [-0.39, 0.29) is 55.4 Å². The lowest BCUT2D eigenvalue weighted by atomic mass is 9.93. The fourth-order valence-electron chi connectivity index (χ4n) is 9.18. The Kier molecular flexibility index (Phi) is 13.5. The highest BCUT2D eigenvalue weighted by Gasteiger charge is 2.68. The first-order chi connectivity index (χ1) is 33.7. The number of hydrogen-bond donors (Lipinski definition) is 2. The van der Waals surface area contributed by atoms with Crippen molar-refractivity contribution in [3.8, 4) is 23.0 Å². The zero-order valence-electron chi connectivity index (χ0n) is 38.5. The normalized spacial score (nSPS) is 19.1. The molecule has 2 aromatic carbocycles. The Morgan fingerprint density at radius 1 is 0.973 bits per heavy atom. The van der Waals surface area contributed by atoms with E-state index in [0.717, 1.165) is 47.6 Å². The van der Waals surface area contributed by atoms with Gasteiger partial charge < -0.3 is 15.3 Å². The van der Waals surface area contributed by atoms with E-state index >= 15 is 8.78 Å². The van der Waals surface area contributed by atoms with Gasteiger partial charge in [0.1, 0.15) is 40.9 Å². The van der Waals surface area contributed by atoms with Gasteiger partial charge >= 0.3 is 18.4 Å². The molecule has 4 atom stereocenters. The quantitative estimate of drug-likeness (QED) is 0.0929. The van der Waals surface area contributed by atoms with E-state index in [4.69, 9.17) is 11.6 Å². The van der Waals surface area contributed by atoms with Crippen molar-refractivity contribution in [2.45, 2.75) is 93.6 Å². The minimum atomic E-state index is -5.22. The number of pyridine rings is 1. The van der Waals surface area contributed by atoms with E-state index in [2.05, 4.69) is 32.3 Å². The topological polar surface area (TPSA) is 190 Å². The van der Waals surface area contributed by atoms with Crippen molar-refractivity contribution < 1.29 is 75.4 Å². The molecule has 3 amide bonds. The van der Waals surface area contributed by atoms with Crippen molar-refractivity contribution in [2.24, 2.45) is 5.92 Å². The van der Waals surface area contributed by atoms with Crippen molar-refractivity contribution in [1.29, 1.82) is 0 Å². The smallest absolute Gasteiger partial charge is 0.394 e. The fourth-order valence-corrected chi connectivity index (χ4v) is 10.5. The molecule has 0 bridgehead atoms. The number of anilines is 1. The molecule has 4 heterocycles. The van der Waals surface area contributed by atoms with Crippen molar-refractivity contribution in [3.05, 3.63) is 93.0 Å². The summed E-state index contributed by atoms with van der Waals surface area (Å²) in [6.45, 7) is -1.46. The SMILES string of the molecule is CC(C)(C#Cc1ccc(-c2ccc(Cl)c3c(N(C(=O)N4CCC[C@H]4CO)S(C)(=O)=O)nn(CC(F)(F)F)c23)c(C(Cc2cc(F)cc(F)c2)NC(=O)Cn2nc(C(F)(F)F)c3c2C(F)(F)[C@@H]2C[C@H]32)n1)S(C)(=O)=O. The van der Waals surface area contributed by atoms with Crippen LogP contribution in [-0.2, 0) is 56.3 Å². The number of rotatable bonds is 12. The van der Waals surface area contributed by atoms with Crippen LogP contribution >= 0.6 is 11.6 Å². The Balaban J connectivity index is 1.36. The first kappa shape index (κ1) is 53.3. The number of carbonyl (C=O) groups is 2. The van der Waals surface area contributed by atoms with E-state index < -0.39 is 161 Å². The van der Waals surface area contributed by atoms with E-state index in [9.17, 15) is 66.7 Å². The van der Waals surface area contributed by atoms with Crippen molar-refractivity contribution >= 4 is 60.1 Å². The Labute approximate surface area is 414 Å². The number of aliphatic hydroxyl groups excluding tert-OH is 1. The first-order valence-electron chi connectivity index (χ1n) is 21.9. The minimum Gasteiger partial charge on any atom is -0.394 e. The number of likely N-dealkylation sites (tertiary alicyclic amines) is 1. The zero-order chi connectivity index (χ0) is 53.7. The third-order valence-electron chi connectivity index (χ3n) is 12.8. The van der Waals surface area contributed by atoms with Crippen LogP contribution in [0.5, 0.6) is 0 Å². The van der Waals surface area contributed by atoms with E-state index in [1.165, 1.54) is 13.8 Å². The number of sulfone groups is 1. The summed E-state index contributed by atoms with van der Waals surface area (Å²) in [6.07, 6.45) is -9.32. The van der Waals surface area contributed by atoms with Gasteiger partial charge in [-0.15, -0.1) is 0 Å². The highest BCUT2D eigenvalue weighted by Crippen LogP contribution is 2.68. The van der Waals surface area contributed by atoms with E-state index in [1.807, 2.05) is 0 Å². The van der Waals surface area contributed by atoms with Crippen LogP contribution in [-0.4, -0.2) is 106 Å². The molecule has 1 saturated carbocycles. The van der Waals surface area contributed by atoms with Gasteiger partial charge in [0, 0.05) is 41.5 Å². The summed E-state index contributed by atoms with van der Waals surface area (Å²) >= 11 is 6.69. The maximum absolute atomic E-state index is 15.6. The molecule has 1 saturated heterocycles. The Bertz CT molecular complexity index is 3370. The number of carbonyl (C=O) groups excluding carboxylic acids is 2. The number of sulfonamides is 1. The molecule has 1 unspecified atom stereocenters. The lowest BCUT2D eigenvalue weighted by molar-refractivity contribution is -0.143. The van der Waals surface area contributed by atoms with Gasteiger partial charge in [0.2, 0.25) is 15.9 Å². The molecule has 2 N–H and O–H groups in total. The molecule has 3 aliphatic rings. The van der Waals surface area contributed by atoms with Gasteiger partial charge in [0.05, 0.1) is 46.6 Å².